The third kappa shape index (κ3) is 2.78. The molecule has 1 saturated heterocycles. The molecular formula is C14H22N2O. The standard InChI is InChI=1S/C14H22N2O/c1-3-12-6-4-5-9-16(12)13-7-8-14(11(2)17)15-10-13/h7-8,10-12,17H,3-6,9H2,1-2H3/t11-,12?/m1/s1. The maximum atomic E-state index is 9.45. The minimum atomic E-state index is -0.479. The van der Waals surface area contributed by atoms with Gasteiger partial charge in [0.1, 0.15) is 0 Å². The van der Waals surface area contributed by atoms with Gasteiger partial charge >= 0.3 is 0 Å². The topological polar surface area (TPSA) is 36.4 Å². The van der Waals surface area contributed by atoms with Crippen LogP contribution in [0.3, 0.4) is 0 Å². The molecule has 2 atom stereocenters. The van der Waals surface area contributed by atoms with Crippen LogP contribution in [0.5, 0.6) is 0 Å². The third-order valence-electron chi connectivity index (χ3n) is 3.63. The minimum absolute atomic E-state index is 0.479. The van der Waals surface area contributed by atoms with Crippen LogP contribution in [0.2, 0.25) is 0 Å². The molecule has 1 aliphatic heterocycles. The third-order valence-corrected chi connectivity index (χ3v) is 3.63. The van der Waals surface area contributed by atoms with E-state index in [4.69, 9.17) is 0 Å². The molecule has 17 heavy (non-hydrogen) atoms. The van der Waals surface area contributed by atoms with Gasteiger partial charge in [-0.05, 0) is 44.7 Å². The summed E-state index contributed by atoms with van der Waals surface area (Å²) in [5.74, 6) is 0. The van der Waals surface area contributed by atoms with Gasteiger partial charge in [-0.1, -0.05) is 6.92 Å². The summed E-state index contributed by atoms with van der Waals surface area (Å²) in [6, 6.07) is 4.67. The Morgan fingerprint density at radius 2 is 2.29 bits per heavy atom. The van der Waals surface area contributed by atoms with Gasteiger partial charge in [-0.2, -0.15) is 0 Å². The first-order valence-corrected chi connectivity index (χ1v) is 6.63. The Labute approximate surface area is 103 Å². The van der Waals surface area contributed by atoms with E-state index >= 15 is 0 Å². The lowest BCUT2D eigenvalue weighted by Crippen LogP contribution is -2.39. The van der Waals surface area contributed by atoms with Crippen LogP contribution in [-0.2, 0) is 0 Å². The predicted molar refractivity (Wildman–Crippen MR) is 70.1 cm³/mol. The van der Waals surface area contributed by atoms with Crippen LogP contribution in [0.1, 0.15) is 51.3 Å². The summed E-state index contributed by atoms with van der Waals surface area (Å²) in [4.78, 5) is 6.79. The van der Waals surface area contributed by atoms with Crippen molar-refractivity contribution in [2.24, 2.45) is 0 Å². The van der Waals surface area contributed by atoms with Crippen molar-refractivity contribution in [2.45, 2.75) is 51.7 Å². The molecular weight excluding hydrogens is 212 g/mol. The van der Waals surface area contributed by atoms with Crippen LogP contribution >= 0.6 is 0 Å². The van der Waals surface area contributed by atoms with E-state index in [2.05, 4.69) is 22.9 Å². The van der Waals surface area contributed by atoms with Crippen molar-refractivity contribution < 1.29 is 5.11 Å². The number of aromatic nitrogens is 1. The molecule has 2 rings (SSSR count). The second-order valence-corrected chi connectivity index (χ2v) is 4.87. The number of hydrogen-bond donors (Lipinski definition) is 1. The first-order valence-electron chi connectivity index (χ1n) is 6.63. The highest BCUT2D eigenvalue weighted by molar-refractivity contribution is 5.46. The number of rotatable bonds is 3. The van der Waals surface area contributed by atoms with E-state index in [-0.39, 0.29) is 0 Å². The van der Waals surface area contributed by atoms with Crippen LogP contribution < -0.4 is 4.90 Å². The lowest BCUT2D eigenvalue weighted by atomic mass is 9.99. The Morgan fingerprint density at radius 3 is 2.88 bits per heavy atom. The highest BCUT2D eigenvalue weighted by atomic mass is 16.3. The monoisotopic (exact) mass is 234 g/mol. The van der Waals surface area contributed by atoms with E-state index in [0.29, 0.717) is 6.04 Å². The first-order chi connectivity index (χ1) is 8.22. The molecule has 0 amide bonds. The summed E-state index contributed by atoms with van der Waals surface area (Å²) < 4.78 is 0. The first kappa shape index (κ1) is 12.4. The van der Waals surface area contributed by atoms with Gasteiger partial charge in [-0.3, -0.25) is 4.98 Å². The fraction of sp³-hybridized carbons (Fsp3) is 0.643. The molecule has 0 radical (unpaired) electrons. The Morgan fingerprint density at radius 1 is 1.47 bits per heavy atom. The smallest absolute Gasteiger partial charge is 0.0931 e. The largest absolute Gasteiger partial charge is 0.387 e. The van der Waals surface area contributed by atoms with Gasteiger partial charge in [0.25, 0.3) is 0 Å². The van der Waals surface area contributed by atoms with Crippen LogP contribution in [0, 0.1) is 0 Å². The SMILES string of the molecule is CCC1CCCCN1c1ccc([C@@H](C)O)nc1. The molecule has 1 aliphatic rings. The van der Waals surface area contributed by atoms with Gasteiger partial charge in [0, 0.05) is 12.6 Å². The van der Waals surface area contributed by atoms with E-state index < -0.39 is 6.10 Å². The number of hydrogen-bond acceptors (Lipinski definition) is 3. The Balaban J connectivity index is 2.15. The van der Waals surface area contributed by atoms with Crippen LogP contribution in [0.15, 0.2) is 18.3 Å². The number of piperidine rings is 1. The van der Waals surface area contributed by atoms with Gasteiger partial charge in [0.2, 0.25) is 0 Å². The summed E-state index contributed by atoms with van der Waals surface area (Å²) in [6.45, 7) is 5.13. The molecule has 0 bridgehead atoms. The number of pyridine rings is 1. The van der Waals surface area contributed by atoms with Gasteiger partial charge in [-0.15, -0.1) is 0 Å². The van der Waals surface area contributed by atoms with E-state index in [9.17, 15) is 5.11 Å². The van der Waals surface area contributed by atoms with Crippen molar-refractivity contribution in [3.63, 3.8) is 0 Å². The predicted octanol–water partition coefficient (Wildman–Crippen LogP) is 2.90. The molecule has 0 aliphatic carbocycles. The summed E-state index contributed by atoms with van der Waals surface area (Å²) in [6.07, 6.45) is 6.51. The lowest BCUT2D eigenvalue weighted by Gasteiger charge is -2.37. The average molecular weight is 234 g/mol. The molecule has 3 heteroatoms. The second kappa shape index (κ2) is 5.50. The molecule has 0 aromatic carbocycles. The van der Waals surface area contributed by atoms with Crippen molar-refractivity contribution in [1.82, 2.24) is 4.98 Å². The second-order valence-electron chi connectivity index (χ2n) is 4.87. The van der Waals surface area contributed by atoms with Crippen molar-refractivity contribution >= 4 is 5.69 Å². The highest BCUT2D eigenvalue weighted by Crippen LogP contribution is 2.26. The van der Waals surface area contributed by atoms with Crippen molar-refractivity contribution in [2.75, 3.05) is 11.4 Å². The van der Waals surface area contributed by atoms with Gasteiger partial charge in [-0.25, -0.2) is 0 Å². The molecule has 1 aromatic heterocycles. The van der Waals surface area contributed by atoms with Gasteiger partial charge in [0.05, 0.1) is 23.7 Å². The molecule has 1 unspecified atom stereocenters. The number of aliphatic hydroxyl groups excluding tert-OH is 1. The number of anilines is 1. The Bertz CT molecular complexity index is 348. The molecule has 0 saturated carbocycles. The molecule has 3 nitrogen and oxygen atoms in total. The van der Waals surface area contributed by atoms with Crippen LogP contribution in [0.4, 0.5) is 5.69 Å². The van der Waals surface area contributed by atoms with Crippen molar-refractivity contribution in [3.05, 3.63) is 24.0 Å². The van der Waals surface area contributed by atoms with Gasteiger partial charge < -0.3 is 10.0 Å². The Kier molecular flexibility index (Phi) is 4.00. The zero-order valence-electron chi connectivity index (χ0n) is 10.8. The lowest BCUT2D eigenvalue weighted by molar-refractivity contribution is 0.194. The fourth-order valence-electron chi connectivity index (χ4n) is 2.58. The van der Waals surface area contributed by atoms with Crippen molar-refractivity contribution in [1.29, 1.82) is 0 Å². The summed E-state index contributed by atoms with van der Waals surface area (Å²) in [7, 11) is 0. The molecule has 94 valence electrons. The molecule has 1 aromatic rings. The van der Waals surface area contributed by atoms with E-state index in [1.807, 2.05) is 12.3 Å². The van der Waals surface area contributed by atoms with Crippen LogP contribution in [0.25, 0.3) is 0 Å². The molecule has 1 N–H and O–H groups in total. The van der Waals surface area contributed by atoms with E-state index in [0.717, 1.165) is 12.2 Å². The Hall–Kier alpha value is -1.09. The summed E-state index contributed by atoms with van der Waals surface area (Å²) >= 11 is 0. The number of aliphatic hydroxyl groups is 1. The summed E-state index contributed by atoms with van der Waals surface area (Å²) in [5, 5.41) is 9.45. The zero-order valence-corrected chi connectivity index (χ0v) is 10.8. The number of nitrogens with zero attached hydrogens (tertiary/aromatic N) is 2. The van der Waals surface area contributed by atoms with Gasteiger partial charge in [0.15, 0.2) is 0 Å². The molecule has 0 spiro atoms. The quantitative estimate of drug-likeness (QED) is 0.873. The zero-order chi connectivity index (χ0) is 12.3. The summed E-state index contributed by atoms with van der Waals surface area (Å²) in [5.41, 5.74) is 1.94. The normalized spacial score (nSPS) is 22.5. The maximum absolute atomic E-state index is 9.45. The minimum Gasteiger partial charge on any atom is -0.387 e. The van der Waals surface area contributed by atoms with E-state index in [1.165, 1.54) is 31.4 Å². The van der Waals surface area contributed by atoms with E-state index in [1.54, 1.807) is 6.92 Å². The average Bonchev–Trinajstić information content (AvgIpc) is 2.39. The highest BCUT2D eigenvalue weighted by Gasteiger charge is 2.21. The maximum Gasteiger partial charge on any atom is 0.0931 e. The fourth-order valence-corrected chi connectivity index (χ4v) is 2.58. The van der Waals surface area contributed by atoms with Crippen LogP contribution in [-0.4, -0.2) is 22.7 Å². The molecule has 2 heterocycles. The molecule has 1 fully saturated rings. The van der Waals surface area contributed by atoms with Crippen molar-refractivity contribution in [3.8, 4) is 0 Å².